The van der Waals surface area contributed by atoms with Crippen LogP contribution < -0.4 is 20.3 Å². The Kier molecular flexibility index (Phi) is 7.67. The first-order valence-corrected chi connectivity index (χ1v) is 11.9. The minimum atomic E-state index is -0.120. The van der Waals surface area contributed by atoms with E-state index in [1.54, 1.807) is 7.11 Å². The molecule has 0 spiro atoms. The number of hydrogen-bond acceptors (Lipinski definition) is 4. The van der Waals surface area contributed by atoms with E-state index in [9.17, 15) is 4.79 Å². The van der Waals surface area contributed by atoms with Crippen molar-refractivity contribution >= 4 is 33.9 Å². The molecule has 0 amide bonds. The fourth-order valence-electron chi connectivity index (χ4n) is 3.85. The molecule has 0 aliphatic carbocycles. The van der Waals surface area contributed by atoms with Gasteiger partial charge in [0.1, 0.15) is 11.5 Å². The Morgan fingerprint density at radius 2 is 1.69 bits per heavy atom. The molecule has 0 radical (unpaired) electrons. The quantitative estimate of drug-likeness (QED) is 0.314. The molecule has 4 aromatic rings. The van der Waals surface area contributed by atoms with Crippen LogP contribution >= 0.6 is 12.2 Å². The molecule has 0 unspecified atom stereocenters. The number of rotatable bonds is 8. The summed E-state index contributed by atoms with van der Waals surface area (Å²) in [5.74, 6) is 1.59. The molecular formula is C28H29N3O3S. The van der Waals surface area contributed by atoms with Crippen molar-refractivity contribution in [3.8, 4) is 11.5 Å². The molecule has 0 saturated heterocycles. The Bertz CT molecular complexity index is 1370. The number of thiocarbonyl (C=S) groups is 1. The van der Waals surface area contributed by atoms with Gasteiger partial charge in [-0.3, -0.25) is 4.79 Å². The second kappa shape index (κ2) is 11.1. The Labute approximate surface area is 210 Å². The average Bonchev–Trinajstić information content (AvgIpc) is 2.86. The summed E-state index contributed by atoms with van der Waals surface area (Å²) in [4.78, 5) is 17.9. The Morgan fingerprint density at radius 1 is 0.971 bits per heavy atom. The number of pyridine rings is 1. The van der Waals surface area contributed by atoms with Crippen LogP contribution in [0.25, 0.3) is 10.9 Å². The summed E-state index contributed by atoms with van der Waals surface area (Å²) < 4.78 is 10.8. The molecule has 0 aliphatic heterocycles. The van der Waals surface area contributed by atoms with Crippen molar-refractivity contribution in [2.24, 2.45) is 0 Å². The van der Waals surface area contributed by atoms with Gasteiger partial charge in [-0.2, -0.15) is 0 Å². The SMILES string of the molecule is CCOc1ccc(NC(=S)N(Cc2ccc(OC)cc2)Cc2cc3cc(C)ccc3[nH]c2=O)cc1. The van der Waals surface area contributed by atoms with E-state index in [1.807, 2.05) is 85.5 Å². The lowest BCUT2D eigenvalue weighted by molar-refractivity contribution is 0.340. The van der Waals surface area contributed by atoms with E-state index in [2.05, 4.69) is 16.4 Å². The van der Waals surface area contributed by atoms with Gasteiger partial charge in [-0.05, 0) is 91.6 Å². The zero-order valence-electron chi connectivity index (χ0n) is 20.1. The maximum Gasteiger partial charge on any atom is 0.253 e. The number of nitrogens with one attached hydrogen (secondary N) is 2. The number of methoxy groups -OCH3 is 1. The largest absolute Gasteiger partial charge is 0.497 e. The van der Waals surface area contributed by atoms with Crippen molar-refractivity contribution in [3.05, 3.63) is 99.8 Å². The van der Waals surface area contributed by atoms with Gasteiger partial charge in [0, 0.05) is 23.3 Å². The number of ether oxygens (including phenoxy) is 2. The van der Waals surface area contributed by atoms with Crippen LogP contribution in [0.3, 0.4) is 0 Å². The number of anilines is 1. The number of aromatic amines is 1. The Hall–Kier alpha value is -3.84. The second-order valence-corrected chi connectivity index (χ2v) is 8.69. The standard InChI is InChI=1S/C28H29N3O3S/c1-4-34-25-12-8-23(9-13-25)29-28(35)31(17-20-6-10-24(33-3)11-7-20)18-22-16-21-15-19(2)5-14-26(21)30-27(22)32/h5-16H,4,17-18H2,1-3H3,(H,29,35)(H,30,32). The topological polar surface area (TPSA) is 66.6 Å². The summed E-state index contributed by atoms with van der Waals surface area (Å²) in [5.41, 5.74) is 4.38. The molecule has 0 bridgehead atoms. The lowest BCUT2D eigenvalue weighted by atomic mass is 10.1. The highest BCUT2D eigenvalue weighted by Crippen LogP contribution is 2.20. The van der Waals surface area contributed by atoms with Crippen molar-refractivity contribution in [1.82, 2.24) is 9.88 Å². The van der Waals surface area contributed by atoms with Crippen LogP contribution in [0.4, 0.5) is 5.69 Å². The first kappa shape index (κ1) is 24.3. The van der Waals surface area contributed by atoms with Crippen LogP contribution in [0.2, 0.25) is 0 Å². The van der Waals surface area contributed by atoms with Crippen LogP contribution in [0.5, 0.6) is 11.5 Å². The van der Waals surface area contributed by atoms with Crippen LogP contribution in [-0.4, -0.2) is 28.7 Å². The van der Waals surface area contributed by atoms with Gasteiger partial charge in [-0.15, -0.1) is 0 Å². The minimum absolute atomic E-state index is 0.120. The van der Waals surface area contributed by atoms with Gasteiger partial charge < -0.3 is 24.7 Å². The number of fused-ring (bicyclic) bond motifs is 1. The smallest absolute Gasteiger partial charge is 0.253 e. The third kappa shape index (κ3) is 6.19. The summed E-state index contributed by atoms with van der Waals surface area (Å²) in [6, 6.07) is 23.4. The lowest BCUT2D eigenvalue weighted by Gasteiger charge is -2.26. The van der Waals surface area contributed by atoms with Gasteiger partial charge in [0.05, 0.1) is 20.3 Å². The van der Waals surface area contributed by atoms with E-state index in [4.69, 9.17) is 21.7 Å². The van der Waals surface area contributed by atoms with Crippen LogP contribution in [0.15, 0.2) is 77.6 Å². The molecular weight excluding hydrogens is 458 g/mol. The van der Waals surface area contributed by atoms with Crippen LogP contribution in [0, 0.1) is 6.92 Å². The van der Waals surface area contributed by atoms with Crippen molar-refractivity contribution < 1.29 is 9.47 Å². The van der Waals surface area contributed by atoms with Gasteiger partial charge in [0.2, 0.25) is 0 Å². The first-order chi connectivity index (χ1) is 16.9. The van der Waals surface area contributed by atoms with Crippen LogP contribution in [0.1, 0.15) is 23.6 Å². The first-order valence-electron chi connectivity index (χ1n) is 11.5. The summed E-state index contributed by atoms with van der Waals surface area (Å²) in [7, 11) is 1.64. The van der Waals surface area contributed by atoms with Crippen LogP contribution in [-0.2, 0) is 13.1 Å². The summed E-state index contributed by atoms with van der Waals surface area (Å²) in [6.07, 6.45) is 0. The second-order valence-electron chi connectivity index (χ2n) is 8.31. The molecule has 0 atom stereocenters. The minimum Gasteiger partial charge on any atom is -0.497 e. The number of nitrogens with zero attached hydrogens (tertiary/aromatic N) is 1. The average molecular weight is 488 g/mol. The molecule has 3 aromatic carbocycles. The molecule has 0 aliphatic rings. The summed E-state index contributed by atoms with van der Waals surface area (Å²) in [5, 5.41) is 4.82. The number of aromatic nitrogens is 1. The third-order valence-corrected chi connectivity index (χ3v) is 6.03. The lowest BCUT2D eigenvalue weighted by Crippen LogP contribution is -2.35. The van der Waals surface area contributed by atoms with E-state index in [-0.39, 0.29) is 5.56 Å². The van der Waals surface area contributed by atoms with Gasteiger partial charge in [-0.1, -0.05) is 23.8 Å². The normalized spacial score (nSPS) is 10.7. The van der Waals surface area contributed by atoms with E-state index < -0.39 is 0 Å². The zero-order chi connectivity index (χ0) is 24.8. The molecule has 2 N–H and O–H groups in total. The highest BCUT2D eigenvalue weighted by atomic mass is 32.1. The number of H-pyrrole nitrogens is 1. The van der Waals surface area contributed by atoms with Crippen molar-refractivity contribution in [1.29, 1.82) is 0 Å². The highest BCUT2D eigenvalue weighted by molar-refractivity contribution is 7.80. The monoisotopic (exact) mass is 487 g/mol. The molecule has 7 heteroatoms. The van der Waals surface area contributed by atoms with Crippen molar-refractivity contribution in [2.75, 3.05) is 19.0 Å². The maximum atomic E-state index is 12.9. The fraction of sp³-hybridized carbons (Fsp3) is 0.214. The van der Waals surface area contributed by atoms with Gasteiger partial charge >= 0.3 is 0 Å². The fourth-order valence-corrected chi connectivity index (χ4v) is 4.10. The predicted molar refractivity (Wildman–Crippen MR) is 145 cm³/mol. The van der Waals surface area contributed by atoms with Crippen molar-refractivity contribution in [3.63, 3.8) is 0 Å². The summed E-state index contributed by atoms with van der Waals surface area (Å²) in [6.45, 7) is 5.48. The Balaban J connectivity index is 1.61. The van der Waals surface area contributed by atoms with Crippen molar-refractivity contribution in [2.45, 2.75) is 26.9 Å². The maximum absolute atomic E-state index is 12.9. The predicted octanol–water partition coefficient (Wildman–Crippen LogP) is 5.64. The number of benzene rings is 3. The van der Waals surface area contributed by atoms with E-state index in [0.29, 0.717) is 30.4 Å². The summed E-state index contributed by atoms with van der Waals surface area (Å²) >= 11 is 5.80. The highest BCUT2D eigenvalue weighted by Gasteiger charge is 2.15. The van der Waals surface area contributed by atoms with Gasteiger partial charge in [-0.25, -0.2) is 0 Å². The number of aryl methyl sites for hydroxylation is 1. The molecule has 35 heavy (non-hydrogen) atoms. The van der Waals surface area contributed by atoms with E-state index in [1.165, 1.54) is 0 Å². The van der Waals surface area contributed by atoms with Gasteiger partial charge in [0.25, 0.3) is 5.56 Å². The molecule has 6 nitrogen and oxygen atoms in total. The molecule has 1 heterocycles. The number of hydrogen-bond donors (Lipinski definition) is 2. The molecule has 0 saturated carbocycles. The van der Waals surface area contributed by atoms with E-state index >= 15 is 0 Å². The molecule has 4 rings (SSSR count). The molecule has 180 valence electrons. The molecule has 0 fully saturated rings. The van der Waals surface area contributed by atoms with Gasteiger partial charge in [0.15, 0.2) is 5.11 Å². The third-order valence-electron chi connectivity index (χ3n) is 5.67. The van der Waals surface area contributed by atoms with E-state index in [0.717, 1.165) is 39.2 Å². The Morgan fingerprint density at radius 3 is 2.37 bits per heavy atom. The zero-order valence-corrected chi connectivity index (χ0v) is 20.9. The molecule has 1 aromatic heterocycles.